The van der Waals surface area contributed by atoms with Gasteiger partial charge in [-0.25, -0.2) is 4.99 Å². The van der Waals surface area contributed by atoms with Gasteiger partial charge in [-0.15, -0.1) is 24.0 Å². The number of carbonyl (C=O) groups is 1. The number of benzene rings is 1. The zero-order valence-electron chi connectivity index (χ0n) is 19.2. The zero-order valence-corrected chi connectivity index (χ0v) is 21.5. The molecule has 10 heteroatoms. The minimum absolute atomic E-state index is 0. The number of nitrogens with one attached hydrogen (secondary N) is 1. The lowest BCUT2D eigenvalue weighted by atomic mass is 10.1. The summed E-state index contributed by atoms with van der Waals surface area (Å²) in [4.78, 5) is 22.6. The second-order valence-corrected chi connectivity index (χ2v) is 7.29. The quantitative estimate of drug-likeness (QED) is 0.214. The number of guanidine groups is 1. The number of likely N-dealkylation sites (N-methyl/N-ethyl adjacent to an activating group) is 1. The van der Waals surface area contributed by atoms with Crippen LogP contribution in [0.3, 0.4) is 0 Å². The van der Waals surface area contributed by atoms with Gasteiger partial charge in [0.25, 0.3) is 0 Å². The molecule has 0 aliphatic carbocycles. The second-order valence-electron chi connectivity index (χ2n) is 7.29. The van der Waals surface area contributed by atoms with Crippen molar-refractivity contribution in [1.29, 1.82) is 0 Å². The van der Waals surface area contributed by atoms with Crippen LogP contribution in [0, 0.1) is 0 Å². The molecule has 0 spiro atoms. The van der Waals surface area contributed by atoms with Crippen molar-refractivity contribution < 1.29 is 19.0 Å². The van der Waals surface area contributed by atoms with Crippen LogP contribution in [-0.4, -0.2) is 108 Å². The summed E-state index contributed by atoms with van der Waals surface area (Å²) in [7, 11) is 8.50. The van der Waals surface area contributed by atoms with Crippen molar-refractivity contribution in [3.8, 4) is 11.5 Å². The Morgan fingerprint density at radius 1 is 1.13 bits per heavy atom. The van der Waals surface area contributed by atoms with Crippen molar-refractivity contribution in [2.75, 3.05) is 81.3 Å². The molecule has 31 heavy (non-hydrogen) atoms. The molecule has 2 rings (SSSR count). The molecule has 1 aromatic carbocycles. The highest BCUT2D eigenvalue weighted by Gasteiger charge is 2.21. The van der Waals surface area contributed by atoms with Gasteiger partial charge in [-0.3, -0.25) is 9.69 Å². The van der Waals surface area contributed by atoms with Gasteiger partial charge < -0.3 is 29.3 Å². The van der Waals surface area contributed by atoms with Crippen LogP contribution in [0.15, 0.2) is 23.2 Å². The summed E-state index contributed by atoms with van der Waals surface area (Å²) in [6.07, 6.45) is 0. The highest BCUT2D eigenvalue weighted by Crippen LogP contribution is 2.25. The highest BCUT2D eigenvalue weighted by molar-refractivity contribution is 14.0. The maximum absolute atomic E-state index is 11.9. The largest absolute Gasteiger partial charge is 0.497 e. The predicted octanol–water partition coefficient (Wildman–Crippen LogP) is 1.12. The van der Waals surface area contributed by atoms with Gasteiger partial charge in [-0.05, 0) is 18.2 Å². The van der Waals surface area contributed by atoms with E-state index >= 15 is 0 Å². The van der Waals surface area contributed by atoms with Crippen molar-refractivity contribution in [3.63, 3.8) is 0 Å². The van der Waals surface area contributed by atoms with Crippen LogP contribution in [0.2, 0.25) is 0 Å². The van der Waals surface area contributed by atoms with Crippen molar-refractivity contribution in [3.05, 3.63) is 23.8 Å². The molecule has 1 aromatic rings. The summed E-state index contributed by atoms with van der Waals surface area (Å²) in [5.41, 5.74) is 1.11. The van der Waals surface area contributed by atoms with E-state index in [1.54, 1.807) is 40.3 Å². The molecule has 1 fully saturated rings. The van der Waals surface area contributed by atoms with Crippen LogP contribution >= 0.6 is 24.0 Å². The lowest BCUT2D eigenvalue weighted by Crippen LogP contribution is -2.52. The van der Waals surface area contributed by atoms with Gasteiger partial charge in [0.05, 0.1) is 20.8 Å². The van der Waals surface area contributed by atoms with Gasteiger partial charge in [-0.2, -0.15) is 0 Å². The van der Waals surface area contributed by atoms with E-state index < -0.39 is 0 Å². The molecule has 1 aliphatic heterocycles. The van der Waals surface area contributed by atoms with E-state index in [0.717, 1.165) is 55.7 Å². The molecule has 0 atom stereocenters. The molecular formula is C21H36IN5O4. The minimum Gasteiger partial charge on any atom is -0.497 e. The average Bonchev–Trinajstić information content (AvgIpc) is 2.76. The number of piperazine rings is 1. The molecule has 1 aliphatic rings. The lowest BCUT2D eigenvalue weighted by Gasteiger charge is -2.36. The van der Waals surface area contributed by atoms with Crippen LogP contribution in [-0.2, 0) is 16.1 Å². The van der Waals surface area contributed by atoms with Crippen molar-refractivity contribution in [2.24, 2.45) is 4.99 Å². The SMILES string of the molecule is COCCNC(=NCC(=O)N(C)C)N1CCN(Cc2cc(OC)ccc2OC)CC1.I. The summed E-state index contributed by atoms with van der Waals surface area (Å²) < 4.78 is 16.0. The molecule has 176 valence electrons. The molecule has 0 saturated carbocycles. The Morgan fingerprint density at radius 3 is 2.42 bits per heavy atom. The molecule has 0 aromatic heterocycles. The third-order valence-corrected chi connectivity index (χ3v) is 5.01. The smallest absolute Gasteiger partial charge is 0.243 e. The number of rotatable bonds is 9. The summed E-state index contributed by atoms with van der Waals surface area (Å²) in [5.74, 6) is 2.42. The number of aliphatic imine (C=N–C) groups is 1. The lowest BCUT2D eigenvalue weighted by molar-refractivity contribution is -0.127. The molecule has 1 amide bonds. The fraction of sp³-hybridized carbons (Fsp3) is 0.619. The Morgan fingerprint density at radius 2 is 1.84 bits per heavy atom. The molecule has 0 radical (unpaired) electrons. The molecular weight excluding hydrogens is 513 g/mol. The first-order chi connectivity index (χ1) is 14.5. The topological polar surface area (TPSA) is 78.9 Å². The van der Waals surface area contributed by atoms with Crippen LogP contribution in [0.4, 0.5) is 0 Å². The third-order valence-electron chi connectivity index (χ3n) is 5.01. The normalized spacial score (nSPS) is 14.6. The Balaban J connectivity index is 0.00000480. The van der Waals surface area contributed by atoms with Gasteiger partial charge in [0, 0.05) is 66.0 Å². The number of hydrogen-bond acceptors (Lipinski definition) is 6. The van der Waals surface area contributed by atoms with Crippen LogP contribution in [0.25, 0.3) is 0 Å². The average molecular weight is 549 g/mol. The van der Waals surface area contributed by atoms with Crippen molar-refractivity contribution >= 4 is 35.8 Å². The van der Waals surface area contributed by atoms with Gasteiger partial charge >= 0.3 is 0 Å². The van der Waals surface area contributed by atoms with Crippen LogP contribution < -0.4 is 14.8 Å². The Bertz CT molecular complexity index is 709. The van der Waals surface area contributed by atoms with Crippen molar-refractivity contribution in [2.45, 2.75) is 6.54 Å². The summed E-state index contributed by atoms with van der Waals surface area (Å²) in [5, 5.41) is 3.31. The standard InChI is InChI=1S/C21H35N5O4.HI/c1-24(2)20(27)15-23-21(22-8-13-28-3)26-11-9-25(10-12-26)16-17-14-18(29-4)6-7-19(17)30-5;/h6-7,14H,8-13,15-16H2,1-5H3,(H,22,23);1H. The maximum Gasteiger partial charge on any atom is 0.243 e. The molecule has 0 unspecified atom stereocenters. The highest BCUT2D eigenvalue weighted by atomic mass is 127. The van der Waals surface area contributed by atoms with E-state index in [9.17, 15) is 4.79 Å². The number of methoxy groups -OCH3 is 3. The van der Waals surface area contributed by atoms with Gasteiger partial charge in [-0.1, -0.05) is 0 Å². The predicted molar refractivity (Wildman–Crippen MR) is 133 cm³/mol. The molecule has 1 N–H and O–H groups in total. The van der Waals surface area contributed by atoms with E-state index in [2.05, 4.69) is 20.1 Å². The third kappa shape index (κ3) is 8.69. The summed E-state index contributed by atoms with van der Waals surface area (Å²) in [6.45, 7) is 5.55. The zero-order chi connectivity index (χ0) is 21.9. The fourth-order valence-electron chi connectivity index (χ4n) is 3.18. The number of ether oxygens (including phenoxy) is 3. The van der Waals surface area contributed by atoms with E-state index in [1.165, 1.54) is 0 Å². The van der Waals surface area contributed by atoms with E-state index in [1.807, 2.05) is 18.2 Å². The van der Waals surface area contributed by atoms with E-state index in [-0.39, 0.29) is 36.4 Å². The Hall–Kier alpha value is -1.79. The summed E-state index contributed by atoms with van der Waals surface area (Å²) in [6, 6.07) is 5.87. The van der Waals surface area contributed by atoms with Gasteiger partial charge in [0.2, 0.25) is 5.91 Å². The Labute approximate surface area is 202 Å². The first kappa shape index (κ1) is 27.2. The number of halogens is 1. The van der Waals surface area contributed by atoms with Crippen LogP contribution in [0.1, 0.15) is 5.56 Å². The van der Waals surface area contributed by atoms with Crippen molar-refractivity contribution in [1.82, 2.24) is 20.0 Å². The monoisotopic (exact) mass is 549 g/mol. The number of carbonyl (C=O) groups excluding carboxylic acids is 1. The summed E-state index contributed by atoms with van der Waals surface area (Å²) >= 11 is 0. The van der Waals surface area contributed by atoms with E-state index in [0.29, 0.717) is 13.2 Å². The van der Waals surface area contributed by atoms with Gasteiger partial charge in [0.15, 0.2) is 5.96 Å². The first-order valence-corrected chi connectivity index (χ1v) is 10.1. The van der Waals surface area contributed by atoms with Crippen LogP contribution in [0.5, 0.6) is 11.5 Å². The van der Waals surface area contributed by atoms with E-state index in [4.69, 9.17) is 14.2 Å². The van der Waals surface area contributed by atoms with Gasteiger partial charge in [0.1, 0.15) is 18.0 Å². The molecule has 1 heterocycles. The number of hydrogen-bond donors (Lipinski definition) is 1. The number of amides is 1. The second kappa shape index (κ2) is 14.3. The maximum atomic E-state index is 11.9. The first-order valence-electron chi connectivity index (χ1n) is 10.1. The molecule has 9 nitrogen and oxygen atoms in total. The minimum atomic E-state index is -0.0233. The fourth-order valence-corrected chi connectivity index (χ4v) is 3.18. The Kier molecular flexibility index (Phi) is 12.6. The number of nitrogens with zero attached hydrogens (tertiary/aromatic N) is 4. The molecule has 1 saturated heterocycles. The molecule has 0 bridgehead atoms.